The molecule has 60 valence electrons. The second-order valence-corrected chi connectivity index (χ2v) is 2.72. The van der Waals surface area contributed by atoms with Crippen LogP contribution < -0.4 is 4.74 Å². The zero-order valence-electron chi connectivity index (χ0n) is 6.21. The highest BCUT2D eigenvalue weighted by atomic mass is 127. The standard InChI is InChI=1S/C8H9IO2/c1-10-8-4-2-7(3-5-8)6-11-9/h2-5H,6H2,1H3. The first kappa shape index (κ1) is 8.80. The van der Waals surface area contributed by atoms with Gasteiger partial charge < -0.3 is 7.80 Å². The molecule has 1 aromatic rings. The van der Waals surface area contributed by atoms with Crippen molar-refractivity contribution < 1.29 is 7.80 Å². The van der Waals surface area contributed by atoms with E-state index in [2.05, 4.69) is 0 Å². The van der Waals surface area contributed by atoms with E-state index in [4.69, 9.17) is 7.80 Å². The maximum atomic E-state index is 5.00. The molecule has 0 atom stereocenters. The Balaban J connectivity index is 2.66. The van der Waals surface area contributed by atoms with Crippen molar-refractivity contribution in [1.29, 1.82) is 0 Å². The van der Waals surface area contributed by atoms with Crippen molar-refractivity contribution in [2.24, 2.45) is 0 Å². The molecule has 0 aromatic heterocycles. The second kappa shape index (κ2) is 4.56. The molecule has 3 heteroatoms. The third-order valence-electron chi connectivity index (χ3n) is 1.38. The maximum absolute atomic E-state index is 5.00. The summed E-state index contributed by atoms with van der Waals surface area (Å²) in [5, 5.41) is 0. The molecule has 0 unspecified atom stereocenters. The highest BCUT2D eigenvalue weighted by Crippen LogP contribution is 2.12. The summed E-state index contributed by atoms with van der Waals surface area (Å²) in [5.41, 5.74) is 1.15. The number of hydrogen-bond acceptors (Lipinski definition) is 2. The molecule has 0 bridgehead atoms. The van der Waals surface area contributed by atoms with E-state index in [1.807, 2.05) is 47.3 Å². The number of halogens is 1. The van der Waals surface area contributed by atoms with Gasteiger partial charge in [0.05, 0.1) is 13.7 Å². The number of methoxy groups -OCH3 is 1. The van der Waals surface area contributed by atoms with E-state index in [0.29, 0.717) is 6.61 Å². The predicted molar refractivity (Wildman–Crippen MR) is 51.8 cm³/mol. The Labute approximate surface area is 80.2 Å². The van der Waals surface area contributed by atoms with Crippen LogP contribution in [-0.2, 0) is 9.67 Å². The summed E-state index contributed by atoms with van der Waals surface area (Å²) in [6, 6.07) is 7.81. The first-order chi connectivity index (χ1) is 5.36. The largest absolute Gasteiger partial charge is 0.497 e. The van der Waals surface area contributed by atoms with Crippen LogP contribution in [0.25, 0.3) is 0 Å². The van der Waals surface area contributed by atoms with Gasteiger partial charge in [0.1, 0.15) is 28.8 Å². The van der Waals surface area contributed by atoms with Gasteiger partial charge >= 0.3 is 0 Å². The minimum atomic E-state index is 0.643. The molecule has 0 spiro atoms. The smallest absolute Gasteiger partial charge is 0.118 e. The van der Waals surface area contributed by atoms with Gasteiger partial charge in [0.2, 0.25) is 0 Å². The number of rotatable bonds is 3. The monoisotopic (exact) mass is 264 g/mol. The lowest BCUT2D eigenvalue weighted by Crippen LogP contribution is -1.85. The molecule has 0 heterocycles. The molecule has 11 heavy (non-hydrogen) atoms. The van der Waals surface area contributed by atoms with Crippen LogP contribution in [0, 0.1) is 0 Å². The molecule has 0 saturated heterocycles. The molecule has 1 rings (SSSR count). The second-order valence-electron chi connectivity index (χ2n) is 2.10. The maximum Gasteiger partial charge on any atom is 0.118 e. The summed E-state index contributed by atoms with van der Waals surface area (Å²) >= 11 is 1.88. The van der Waals surface area contributed by atoms with E-state index in [9.17, 15) is 0 Å². The van der Waals surface area contributed by atoms with E-state index in [0.717, 1.165) is 11.3 Å². The molecular formula is C8H9IO2. The van der Waals surface area contributed by atoms with Crippen molar-refractivity contribution in [3.63, 3.8) is 0 Å². The molecule has 0 aliphatic heterocycles. The molecule has 1 aromatic carbocycles. The quantitative estimate of drug-likeness (QED) is 0.781. The minimum Gasteiger partial charge on any atom is -0.497 e. The Kier molecular flexibility index (Phi) is 3.65. The lowest BCUT2D eigenvalue weighted by Gasteiger charge is -2.00. The van der Waals surface area contributed by atoms with Crippen molar-refractivity contribution in [2.45, 2.75) is 6.61 Å². The van der Waals surface area contributed by atoms with Crippen molar-refractivity contribution in [3.05, 3.63) is 29.8 Å². The SMILES string of the molecule is COc1ccc(COI)cc1. The van der Waals surface area contributed by atoms with Gasteiger partial charge in [-0.25, -0.2) is 0 Å². The van der Waals surface area contributed by atoms with Gasteiger partial charge in [-0.1, -0.05) is 12.1 Å². The van der Waals surface area contributed by atoms with Crippen LogP contribution in [0.2, 0.25) is 0 Å². The first-order valence-electron chi connectivity index (χ1n) is 3.23. The van der Waals surface area contributed by atoms with Crippen LogP contribution in [0.5, 0.6) is 5.75 Å². The van der Waals surface area contributed by atoms with Gasteiger partial charge in [-0.3, -0.25) is 0 Å². The van der Waals surface area contributed by atoms with Gasteiger partial charge in [-0.15, -0.1) is 0 Å². The summed E-state index contributed by atoms with van der Waals surface area (Å²) < 4.78 is 9.94. The highest BCUT2D eigenvalue weighted by molar-refractivity contribution is 14.1. The lowest BCUT2D eigenvalue weighted by molar-refractivity contribution is 0.409. The molecule has 0 amide bonds. The Morgan fingerprint density at radius 1 is 1.27 bits per heavy atom. The minimum absolute atomic E-state index is 0.643. The number of hydrogen-bond donors (Lipinski definition) is 0. The fourth-order valence-electron chi connectivity index (χ4n) is 0.785. The summed E-state index contributed by atoms with van der Waals surface area (Å²) in [7, 11) is 1.66. The van der Waals surface area contributed by atoms with Crippen molar-refractivity contribution >= 4 is 23.0 Å². The van der Waals surface area contributed by atoms with E-state index in [1.165, 1.54) is 0 Å². The topological polar surface area (TPSA) is 18.5 Å². The number of ether oxygens (including phenoxy) is 1. The van der Waals surface area contributed by atoms with E-state index in [-0.39, 0.29) is 0 Å². The highest BCUT2D eigenvalue weighted by Gasteiger charge is 1.92. The Morgan fingerprint density at radius 2 is 1.91 bits per heavy atom. The van der Waals surface area contributed by atoms with Gasteiger partial charge in [-0.2, -0.15) is 0 Å². The van der Waals surface area contributed by atoms with Gasteiger partial charge in [0.25, 0.3) is 0 Å². The van der Waals surface area contributed by atoms with E-state index >= 15 is 0 Å². The zero-order valence-corrected chi connectivity index (χ0v) is 8.37. The molecule has 0 aliphatic carbocycles. The van der Waals surface area contributed by atoms with Gasteiger partial charge in [0, 0.05) is 0 Å². The van der Waals surface area contributed by atoms with Crippen molar-refractivity contribution in [3.8, 4) is 5.75 Å². The Bertz CT molecular complexity index is 208. The van der Waals surface area contributed by atoms with Crippen molar-refractivity contribution in [1.82, 2.24) is 0 Å². The van der Waals surface area contributed by atoms with E-state index < -0.39 is 0 Å². The van der Waals surface area contributed by atoms with E-state index in [1.54, 1.807) is 7.11 Å². The molecule has 0 radical (unpaired) electrons. The summed E-state index contributed by atoms with van der Waals surface area (Å²) in [4.78, 5) is 0. The van der Waals surface area contributed by atoms with Crippen LogP contribution in [0.1, 0.15) is 5.56 Å². The zero-order chi connectivity index (χ0) is 8.10. The lowest BCUT2D eigenvalue weighted by atomic mass is 10.2. The molecular weight excluding hydrogens is 255 g/mol. The average Bonchev–Trinajstić information content (AvgIpc) is 2.07. The fraction of sp³-hybridized carbons (Fsp3) is 0.250. The van der Waals surface area contributed by atoms with Gasteiger partial charge in [0.15, 0.2) is 0 Å². The van der Waals surface area contributed by atoms with Crippen LogP contribution in [0.15, 0.2) is 24.3 Å². The molecule has 2 nitrogen and oxygen atoms in total. The average molecular weight is 264 g/mol. The first-order valence-corrected chi connectivity index (χ1v) is 4.11. The summed E-state index contributed by atoms with van der Waals surface area (Å²) in [6.07, 6.45) is 0. The Hall–Kier alpha value is -0.290. The molecule has 0 aliphatic rings. The third-order valence-corrected chi connectivity index (χ3v) is 1.69. The Morgan fingerprint density at radius 3 is 2.36 bits per heavy atom. The third kappa shape index (κ3) is 2.67. The predicted octanol–water partition coefficient (Wildman–Crippen LogP) is 2.56. The van der Waals surface area contributed by atoms with Crippen LogP contribution in [0.4, 0.5) is 0 Å². The number of benzene rings is 1. The molecule has 0 fully saturated rings. The van der Waals surface area contributed by atoms with Crippen LogP contribution in [-0.4, -0.2) is 7.11 Å². The van der Waals surface area contributed by atoms with Crippen molar-refractivity contribution in [2.75, 3.05) is 7.11 Å². The molecule has 0 saturated carbocycles. The van der Waals surface area contributed by atoms with Crippen LogP contribution in [0.3, 0.4) is 0 Å². The van der Waals surface area contributed by atoms with Gasteiger partial charge in [-0.05, 0) is 17.7 Å². The van der Waals surface area contributed by atoms with Crippen LogP contribution >= 0.6 is 23.0 Å². The summed E-state index contributed by atoms with van der Waals surface area (Å²) in [5.74, 6) is 0.877. The normalized spacial score (nSPS) is 9.64. The molecule has 0 N–H and O–H groups in total. The summed E-state index contributed by atoms with van der Waals surface area (Å²) in [6.45, 7) is 0.643. The fourth-order valence-corrected chi connectivity index (χ4v) is 1.14.